The number of ether oxygens (including phenoxy) is 1. The minimum absolute atomic E-state index is 0.137. The smallest absolute Gasteiger partial charge is 0.251 e. The van der Waals surface area contributed by atoms with E-state index in [1.807, 2.05) is 50.2 Å². The summed E-state index contributed by atoms with van der Waals surface area (Å²) < 4.78 is 11.0. The van der Waals surface area contributed by atoms with E-state index in [0.717, 1.165) is 12.2 Å². The van der Waals surface area contributed by atoms with Gasteiger partial charge in [0.1, 0.15) is 11.5 Å². The van der Waals surface area contributed by atoms with Gasteiger partial charge in [-0.05, 0) is 36.8 Å². The van der Waals surface area contributed by atoms with Gasteiger partial charge in [-0.15, -0.1) is 0 Å². The van der Waals surface area contributed by atoms with E-state index in [4.69, 9.17) is 9.26 Å². The molecule has 0 aliphatic carbocycles. The molecular formula is C21H23N3O3. The molecule has 2 aromatic carbocycles. The van der Waals surface area contributed by atoms with Crippen LogP contribution in [0.3, 0.4) is 0 Å². The zero-order valence-electron chi connectivity index (χ0n) is 15.5. The molecule has 6 heteroatoms. The number of carbonyl (C=O) groups is 1. The summed E-state index contributed by atoms with van der Waals surface area (Å²) in [5.74, 6) is 2.78. The van der Waals surface area contributed by atoms with Gasteiger partial charge in [-0.2, -0.15) is 4.98 Å². The Morgan fingerprint density at radius 3 is 2.63 bits per heavy atom. The van der Waals surface area contributed by atoms with E-state index in [-0.39, 0.29) is 11.8 Å². The minimum atomic E-state index is -0.137. The Bertz CT molecular complexity index is 875. The number of rotatable bonds is 8. The standard InChI is InChI=1S/C21H23N3O3/c1-15(2)20-23-19(27-24-20)12-7-13-22-21(25)16-8-6-11-18(14-16)26-17-9-4-3-5-10-17/h3-6,8-11,14-15H,7,12-13H2,1-2H3,(H,22,25). The monoisotopic (exact) mass is 365 g/mol. The second-order valence-corrected chi connectivity index (χ2v) is 6.50. The Labute approximate surface area is 158 Å². The van der Waals surface area contributed by atoms with Crippen LogP contribution in [0.15, 0.2) is 59.1 Å². The number of aromatic nitrogens is 2. The Kier molecular flexibility index (Phi) is 6.20. The Balaban J connectivity index is 1.48. The lowest BCUT2D eigenvalue weighted by atomic mass is 10.2. The molecule has 0 fully saturated rings. The summed E-state index contributed by atoms with van der Waals surface area (Å²) in [6, 6.07) is 16.6. The van der Waals surface area contributed by atoms with Gasteiger partial charge in [-0.1, -0.05) is 43.3 Å². The lowest BCUT2D eigenvalue weighted by Crippen LogP contribution is -2.24. The molecule has 1 N–H and O–H groups in total. The lowest BCUT2D eigenvalue weighted by molar-refractivity contribution is 0.0952. The molecule has 3 rings (SSSR count). The SMILES string of the molecule is CC(C)c1noc(CCCNC(=O)c2cccc(Oc3ccccc3)c2)n1. The maximum Gasteiger partial charge on any atom is 0.251 e. The summed E-state index contributed by atoms with van der Waals surface area (Å²) in [5, 5.41) is 6.84. The van der Waals surface area contributed by atoms with Crippen LogP contribution in [0.25, 0.3) is 0 Å². The molecule has 0 radical (unpaired) electrons. The van der Waals surface area contributed by atoms with E-state index in [9.17, 15) is 4.79 Å². The maximum atomic E-state index is 12.3. The Morgan fingerprint density at radius 2 is 1.89 bits per heavy atom. The Morgan fingerprint density at radius 1 is 1.11 bits per heavy atom. The number of nitrogens with zero attached hydrogens (tertiary/aromatic N) is 2. The van der Waals surface area contributed by atoms with Crippen LogP contribution in [0.2, 0.25) is 0 Å². The summed E-state index contributed by atoms with van der Waals surface area (Å²) in [6.45, 7) is 4.57. The first kappa shape index (κ1) is 18.6. The van der Waals surface area contributed by atoms with Gasteiger partial charge in [0.15, 0.2) is 5.82 Å². The van der Waals surface area contributed by atoms with Crippen LogP contribution in [-0.2, 0) is 6.42 Å². The molecule has 0 unspecified atom stereocenters. The summed E-state index contributed by atoms with van der Waals surface area (Å²) in [5.41, 5.74) is 0.559. The van der Waals surface area contributed by atoms with Crippen LogP contribution in [0, 0.1) is 0 Å². The van der Waals surface area contributed by atoms with Crippen molar-refractivity contribution < 1.29 is 14.1 Å². The first-order valence-electron chi connectivity index (χ1n) is 9.05. The highest BCUT2D eigenvalue weighted by Crippen LogP contribution is 2.21. The summed E-state index contributed by atoms with van der Waals surface area (Å²) in [4.78, 5) is 16.7. The molecule has 0 saturated heterocycles. The molecule has 0 spiro atoms. The molecule has 1 amide bonds. The van der Waals surface area contributed by atoms with Crippen molar-refractivity contribution in [2.24, 2.45) is 0 Å². The van der Waals surface area contributed by atoms with Crippen molar-refractivity contribution in [2.75, 3.05) is 6.54 Å². The van der Waals surface area contributed by atoms with Gasteiger partial charge in [0, 0.05) is 24.4 Å². The molecular weight excluding hydrogens is 342 g/mol. The van der Waals surface area contributed by atoms with Gasteiger partial charge in [-0.25, -0.2) is 0 Å². The van der Waals surface area contributed by atoms with Crippen molar-refractivity contribution >= 4 is 5.91 Å². The second-order valence-electron chi connectivity index (χ2n) is 6.50. The first-order chi connectivity index (χ1) is 13.1. The number of hydrogen-bond acceptors (Lipinski definition) is 5. The molecule has 0 saturated carbocycles. The summed E-state index contributed by atoms with van der Waals surface area (Å²) in [6.07, 6.45) is 1.36. The normalized spacial score (nSPS) is 10.8. The highest BCUT2D eigenvalue weighted by atomic mass is 16.5. The van der Waals surface area contributed by atoms with Gasteiger partial charge >= 0.3 is 0 Å². The van der Waals surface area contributed by atoms with Gasteiger partial charge in [0.05, 0.1) is 0 Å². The van der Waals surface area contributed by atoms with Crippen LogP contribution >= 0.6 is 0 Å². The fourth-order valence-electron chi connectivity index (χ4n) is 2.47. The minimum Gasteiger partial charge on any atom is -0.457 e. The lowest BCUT2D eigenvalue weighted by Gasteiger charge is -2.08. The second kappa shape index (κ2) is 8.98. The number of benzene rings is 2. The third-order valence-corrected chi connectivity index (χ3v) is 3.93. The number of para-hydroxylation sites is 1. The van der Waals surface area contributed by atoms with Gasteiger partial charge in [-0.3, -0.25) is 4.79 Å². The van der Waals surface area contributed by atoms with E-state index >= 15 is 0 Å². The number of amides is 1. The van der Waals surface area contributed by atoms with Crippen LogP contribution < -0.4 is 10.1 Å². The van der Waals surface area contributed by atoms with Crippen molar-refractivity contribution in [3.63, 3.8) is 0 Å². The van der Waals surface area contributed by atoms with Crippen molar-refractivity contribution in [1.82, 2.24) is 15.5 Å². The average molecular weight is 365 g/mol. The molecule has 3 aromatic rings. The van der Waals surface area contributed by atoms with Crippen LogP contribution in [0.1, 0.15) is 48.3 Å². The first-order valence-corrected chi connectivity index (χ1v) is 9.05. The molecule has 0 atom stereocenters. The van der Waals surface area contributed by atoms with E-state index in [0.29, 0.717) is 36.0 Å². The zero-order valence-corrected chi connectivity index (χ0v) is 15.5. The van der Waals surface area contributed by atoms with E-state index < -0.39 is 0 Å². The van der Waals surface area contributed by atoms with E-state index in [1.54, 1.807) is 18.2 Å². The van der Waals surface area contributed by atoms with Gasteiger partial charge in [0.2, 0.25) is 5.89 Å². The fourth-order valence-corrected chi connectivity index (χ4v) is 2.47. The highest BCUT2D eigenvalue weighted by Gasteiger charge is 2.10. The van der Waals surface area contributed by atoms with E-state index in [1.165, 1.54) is 0 Å². The van der Waals surface area contributed by atoms with Gasteiger partial charge < -0.3 is 14.6 Å². The number of aryl methyl sites for hydroxylation is 1. The maximum absolute atomic E-state index is 12.3. The average Bonchev–Trinajstić information content (AvgIpc) is 3.15. The molecule has 0 aliphatic rings. The van der Waals surface area contributed by atoms with Gasteiger partial charge in [0.25, 0.3) is 5.91 Å². The topological polar surface area (TPSA) is 77.2 Å². The largest absolute Gasteiger partial charge is 0.457 e. The highest BCUT2D eigenvalue weighted by molar-refractivity contribution is 5.94. The molecule has 1 aromatic heterocycles. The van der Waals surface area contributed by atoms with Crippen molar-refractivity contribution in [2.45, 2.75) is 32.6 Å². The fraction of sp³-hybridized carbons (Fsp3) is 0.286. The Hall–Kier alpha value is -3.15. The molecule has 0 bridgehead atoms. The summed E-state index contributed by atoms with van der Waals surface area (Å²) in [7, 11) is 0. The predicted octanol–water partition coefficient (Wildman–Crippen LogP) is 4.35. The molecule has 140 valence electrons. The molecule has 27 heavy (non-hydrogen) atoms. The molecule has 0 aliphatic heterocycles. The van der Waals surface area contributed by atoms with Crippen LogP contribution in [-0.4, -0.2) is 22.6 Å². The number of hydrogen-bond donors (Lipinski definition) is 1. The van der Waals surface area contributed by atoms with Crippen LogP contribution in [0.4, 0.5) is 0 Å². The molecule has 1 heterocycles. The van der Waals surface area contributed by atoms with Crippen molar-refractivity contribution in [3.05, 3.63) is 71.9 Å². The van der Waals surface area contributed by atoms with Crippen LogP contribution in [0.5, 0.6) is 11.5 Å². The summed E-state index contributed by atoms with van der Waals surface area (Å²) >= 11 is 0. The quantitative estimate of drug-likeness (QED) is 0.601. The number of nitrogens with one attached hydrogen (secondary N) is 1. The van der Waals surface area contributed by atoms with E-state index in [2.05, 4.69) is 15.5 Å². The van der Waals surface area contributed by atoms with Crippen molar-refractivity contribution in [3.8, 4) is 11.5 Å². The number of carbonyl (C=O) groups excluding carboxylic acids is 1. The molecule has 6 nitrogen and oxygen atoms in total. The third kappa shape index (κ3) is 5.41. The zero-order chi connectivity index (χ0) is 19.1. The van der Waals surface area contributed by atoms with Crippen molar-refractivity contribution in [1.29, 1.82) is 0 Å². The third-order valence-electron chi connectivity index (χ3n) is 3.93. The predicted molar refractivity (Wildman–Crippen MR) is 102 cm³/mol.